The number of hydrogen-bond donors (Lipinski definition) is 5. The van der Waals surface area contributed by atoms with Crippen molar-refractivity contribution in [3.8, 4) is 5.88 Å². The SMILES string of the molecule is N=C(N)c1ccc(OCCCNCCCCCCCCN=C(N)N)nc1. The molecule has 146 valence electrons. The highest BCUT2D eigenvalue weighted by Crippen LogP contribution is 2.07. The van der Waals surface area contributed by atoms with Crippen LogP contribution in [-0.4, -0.2) is 43.0 Å². The van der Waals surface area contributed by atoms with Crippen molar-refractivity contribution in [2.75, 3.05) is 26.2 Å². The van der Waals surface area contributed by atoms with E-state index in [1.807, 2.05) is 0 Å². The van der Waals surface area contributed by atoms with E-state index in [1.54, 1.807) is 18.3 Å². The Bertz CT molecular complexity index is 527. The Morgan fingerprint density at radius 1 is 1.00 bits per heavy atom. The Kier molecular flexibility index (Phi) is 11.6. The number of nitrogen functional groups attached to an aromatic ring is 1. The highest BCUT2D eigenvalue weighted by atomic mass is 16.5. The second-order valence-corrected chi connectivity index (χ2v) is 6.18. The average Bonchev–Trinajstić information content (AvgIpc) is 2.62. The van der Waals surface area contributed by atoms with Gasteiger partial charge in [-0.1, -0.05) is 25.7 Å². The second-order valence-electron chi connectivity index (χ2n) is 6.18. The summed E-state index contributed by atoms with van der Waals surface area (Å²) in [5.74, 6) is 0.762. The summed E-state index contributed by atoms with van der Waals surface area (Å²) >= 11 is 0. The molecule has 0 atom stereocenters. The summed E-state index contributed by atoms with van der Waals surface area (Å²) in [7, 11) is 0. The third kappa shape index (κ3) is 11.2. The van der Waals surface area contributed by atoms with Crippen LogP contribution in [0.4, 0.5) is 0 Å². The number of unbranched alkanes of at least 4 members (excludes halogenated alkanes) is 5. The van der Waals surface area contributed by atoms with E-state index in [4.69, 9.17) is 27.3 Å². The molecule has 0 saturated heterocycles. The zero-order valence-corrected chi connectivity index (χ0v) is 15.5. The number of pyridine rings is 1. The number of nitrogens with one attached hydrogen (secondary N) is 2. The third-order valence-electron chi connectivity index (χ3n) is 3.85. The third-order valence-corrected chi connectivity index (χ3v) is 3.85. The number of nitrogens with zero attached hydrogens (tertiary/aromatic N) is 2. The molecule has 0 unspecified atom stereocenters. The molecule has 26 heavy (non-hydrogen) atoms. The standard InChI is InChI=1S/C18H33N7O/c19-17(20)15-8-9-16(25-14-15)26-13-7-11-23-10-5-3-1-2-4-6-12-24-18(21)22/h8-9,14,23H,1-7,10-13H2,(H3,19,20)(H4,21,22,24). The van der Waals surface area contributed by atoms with E-state index >= 15 is 0 Å². The lowest BCUT2D eigenvalue weighted by Gasteiger charge is -2.07. The van der Waals surface area contributed by atoms with Crippen molar-refractivity contribution in [1.82, 2.24) is 10.3 Å². The van der Waals surface area contributed by atoms with Crippen LogP contribution in [0.5, 0.6) is 5.88 Å². The van der Waals surface area contributed by atoms with Crippen LogP contribution in [0.15, 0.2) is 23.3 Å². The number of guanidine groups is 1. The molecule has 1 aromatic rings. The fourth-order valence-electron chi connectivity index (χ4n) is 2.40. The predicted molar refractivity (Wildman–Crippen MR) is 107 cm³/mol. The van der Waals surface area contributed by atoms with Gasteiger partial charge in [-0.3, -0.25) is 10.4 Å². The minimum absolute atomic E-state index is 0.0131. The first-order chi connectivity index (χ1) is 12.6. The quantitative estimate of drug-likeness (QED) is 0.180. The van der Waals surface area contributed by atoms with Crippen LogP contribution in [0.25, 0.3) is 0 Å². The molecular formula is C18H33N7O. The van der Waals surface area contributed by atoms with E-state index in [-0.39, 0.29) is 11.8 Å². The van der Waals surface area contributed by atoms with Crippen molar-refractivity contribution in [1.29, 1.82) is 5.41 Å². The van der Waals surface area contributed by atoms with Crippen molar-refractivity contribution < 1.29 is 4.74 Å². The zero-order valence-electron chi connectivity index (χ0n) is 15.5. The van der Waals surface area contributed by atoms with Gasteiger partial charge in [0.25, 0.3) is 0 Å². The van der Waals surface area contributed by atoms with Crippen molar-refractivity contribution in [2.24, 2.45) is 22.2 Å². The van der Waals surface area contributed by atoms with Gasteiger partial charge in [0.2, 0.25) is 5.88 Å². The number of aliphatic imine (C=N–C) groups is 1. The molecule has 0 aliphatic rings. The fourth-order valence-corrected chi connectivity index (χ4v) is 2.40. The molecule has 0 saturated carbocycles. The van der Waals surface area contributed by atoms with Gasteiger partial charge in [0.05, 0.1) is 6.61 Å². The summed E-state index contributed by atoms with van der Waals surface area (Å²) < 4.78 is 5.56. The van der Waals surface area contributed by atoms with Crippen LogP contribution in [-0.2, 0) is 0 Å². The molecule has 8 N–H and O–H groups in total. The smallest absolute Gasteiger partial charge is 0.213 e. The average molecular weight is 364 g/mol. The second kappa shape index (κ2) is 13.9. The van der Waals surface area contributed by atoms with E-state index in [0.717, 1.165) is 32.5 Å². The zero-order chi connectivity index (χ0) is 19.0. The first kappa shape index (κ1) is 21.7. The van der Waals surface area contributed by atoms with E-state index in [2.05, 4.69) is 15.3 Å². The summed E-state index contributed by atoms with van der Waals surface area (Å²) in [5.41, 5.74) is 16.5. The molecule has 0 amide bonds. The molecule has 1 heterocycles. The van der Waals surface area contributed by atoms with Crippen LogP contribution in [0.2, 0.25) is 0 Å². The Balaban J connectivity index is 1.86. The summed E-state index contributed by atoms with van der Waals surface area (Å²) in [6.45, 7) is 3.33. The summed E-state index contributed by atoms with van der Waals surface area (Å²) in [6, 6.07) is 3.48. The summed E-state index contributed by atoms with van der Waals surface area (Å²) in [4.78, 5) is 8.09. The number of ether oxygens (including phenoxy) is 1. The van der Waals surface area contributed by atoms with Gasteiger partial charge in [-0.15, -0.1) is 0 Å². The normalized spacial score (nSPS) is 10.5. The van der Waals surface area contributed by atoms with Crippen molar-refractivity contribution in [2.45, 2.75) is 44.9 Å². The van der Waals surface area contributed by atoms with Crippen LogP contribution in [0, 0.1) is 5.41 Å². The Morgan fingerprint density at radius 3 is 2.35 bits per heavy atom. The molecule has 8 heteroatoms. The molecule has 1 aromatic heterocycles. The molecule has 0 aromatic carbocycles. The fraction of sp³-hybridized carbons (Fsp3) is 0.611. The highest BCUT2D eigenvalue weighted by Gasteiger charge is 1.99. The number of hydrogen-bond acceptors (Lipinski definition) is 5. The van der Waals surface area contributed by atoms with Crippen molar-refractivity contribution in [3.63, 3.8) is 0 Å². The maximum absolute atomic E-state index is 7.31. The number of aromatic nitrogens is 1. The van der Waals surface area contributed by atoms with Crippen LogP contribution in [0.1, 0.15) is 50.5 Å². The van der Waals surface area contributed by atoms with Gasteiger partial charge >= 0.3 is 0 Å². The highest BCUT2D eigenvalue weighted by molar-refractivity contribution is 5.94. The topological polar surface area (TPSA) is 148 Å². The monoisotopic (exact) mass is 363 g/mol. The largest absolute Gasteiger partial charge is 0.478 e. The molecule has 0 aliphatic carbocycles. The lowest BCUT2D eigenvalue weighted by atomic mass is 10.1. The Hall–Kier alpha value is -2.35. The lowest BCUT2D eigenvalue weighted by molar-refractivity contribution is 0.296. The van der Waals surface area contributed by atoms with Crippen LogP contribution in [0.3, 0.4) is 0 Å². The maximum atomic E-state index is 7.31. The Labute approximate surface area is 156 Å². The molecule has 0 bridgehead atoms. The number of nitrogens with two attached hydrogens (primary N) is 3. The molecule has 0 aliphatic heterocycles. The number of rotatable bonds is 15. The molecule has 0 spiro atoms. The predicted octanol–water partition coefficient (Wildman–Crippen LogP) is 1.34. The van der Waals surface area contributed by atoms with Gasteiger partial charge in [0.15, 0.2) is 5.96 Å². The minimum Gasteiger partial charge on any atom is -0.478 e. The molecule has 8 nitrogen and oxygen atoms in total. The molecule has 0 fully saturated rings. The van der Waals surface area contributed by atoms with Gasteiger partial charge < -0.3 is 27.3 Å². The van der Waals surface area contributed by atoms with E-state index < -0.39 is 0 Å². The summed E-state index contributed by atoms with van der Waals surface area (Å²) in [5, 5.41) is 10.7. The van der Waals surface area contributed by atoms with Crippen LogP contribution < -0.4 is 27.3 Å². The van der Waals surface area contributed by atoms with E-state index in [0.29, 0.717) is 18.1 Å². The summed E-state index contributed by atoms with van der Waals surface area (Å²) in [6.07, 6.45) is 9.67. The van der Waals surface area contributed by atoms with Gasteiger partial charge in [-0.2, -0.15) is 0 Å². The molecular weight excluding hydrogens is 330 g/mol. The van der Waals surface area contributed by atoms with Gasteiger partial charge in [0, 0.05) is 24.4 Å². The van der Waals surface area contributed by atoms with Crippen molar-refractivity contribution >= 4 is 11.8 Å². The van der Waals surface area contributed by atoms with Gasteiger partial charge in [-0.25, -0.2) is 4.98 Å². The number of amidine groups is 1. The Morgan fingerprint density at radius 2 is 1.69 bits per heavy atom. The molecule has 0 radical (unpaired) electrons. The van der Waals surface area contributed by atoms with Gasteiger partial charge in [0.1, 0.15) is 5.84 Å². The van der Waals surface area contributed by atoms with E-state index in [9.17, 15) is 0 Å². The van der Waals surface area contributed by atoms with E-state index in [1.165, 1.54) is 32.1 Å². The minimum atomic E-state index is 0.0131. The first-order valence-electron chi connectivity index (χ1n) is 9.29. The van der Waals surface area contributed by atoms with Crippen LogP contribution >= 0.6 is 0 Å². The lowest BCUT2D eigenvalue weighted by Crippen LogP contribution is -2.22. The van der Waals surface area contributed by atoms with Gasteiger partial charge in [-0.05, 0) is 38.4 Å². The molecule has 1 rings (SSSR count). The maximum Gasteiger partial charge on any atom is 0.213 e. The first-order valence-corrected chi connectivity index (χ1v) is 9.29. The van der Waals surface area contributed by atoms with Crippen molar-refractivity contribution in [3.05, 3.63) is 23.9 Å².